The Morgan fingerprint density at radius 1 is 1.26 bits per heavy atom. The first kappa shape index (κ1) is 24.2. The van der Waals surface area contributed by atoms with Crippen LogP contribution in [0.1, 0.15) is 34.9 Å². The molecule has 0 radical (unpaired) electrons. The van der Waals surface area contributed by atoms with Gasteiger partial charge in [-0.2, -0.15) is 11.8 Å². The first-order chi connectivity index (χ1) is 12.5. The van der Waals surface area contributed by atoms with Gasteiger partial charge in [-0.1, -0.05) is 19.9 Å². The molecule has 1 aromatic heterocycles. The molecule has 2 N–H and O–H groups in total. The highest BCUT2D eigenvalue weighted by molar-refractivity contribution is 14.0. The summed E-state index contributed by atoms with van der Waals surface area (Å²) in [6, 6.07) is 4.95. The zero-order valence-electron chi connectivity index (χ0n) is 16.2. The lowest BCUT2D eigenvalue weighted by Crippen LogP contribution is -2.36. The van der Waals surface area contributed by atoms with Gasteiger partial charge in [0.05, 0.1) is 11.6 Å². The lowest BCUT2D eigenvalue weighted by Gasteiger charge is -2.13. The van der Waals surface area contributed by atoms with Crippen LogP contribution in [-0.4, -0.2) is 24.2 Å². The second-order valence-electron chi connectivity index (χ2n) is 6.44. The minimum absolute atomic E-state index is 0. The molecule has 2 aromatic rings. The Hall–Kier alpha value is -0.870. The van der Waals surface area contributed by atoms with Crippen LogP contribution in [0.5, 0.6) is 0 Å². The zero-order valence-corrected chi connectivity index (χ0v) is 20.2. The summed E-state index contributed by atoms with van der Waals surface area (Å²) in [7, 11) is 1.75. The molecule has 0 aliphatic heterocycles. The summed E-state index contributed by atoms with van der Waals surface area (Å²) in [6.07, 6.45) is 4.96. The van der Waals surface area contributed by atoms with Gasteiger partial charge in [-0.25, -0.2) is 9.37 Å². The average Bonchev–Trinajstić information content (AvgIpc) is 3.03. The highest BCUT2D eigenvalue weighted by Gasteiger charge is 2.07. The molecule has 0 spiro atoms. The van der Waals surface area contributed by atoms with Crippen molar-refractivity contribution in [3.8, 4) is 0 Å². The molecule has 2 rings (SSSR count). The van der Waals surface area contributed by atoms with E-state index in [0.29, 0.717) is 19.0 Å². The SMILES string of the molecule is CN=C(NCc1cnc(CC(C)C)s1)NCc1ccc(F)cc1CSC.I. The minimum atomic E-state index is -0.192. The highest BCUT2D eigenvalue weighted by atomic mass is 127. The van der Waals surface area contributed by atoms with Crippen molar-refractivity contribution in [3.63, 3.8) is 0 Å². The Balaban J connectivity index is 0.00000364. The van der Waals surface area contributed by atoms with Gasteiger partial charge in [0.2, 0.25) is 0 Å². The van der Waals surface area contributed by atoms with Gasteiger partial charge in [-0.3, -0.25) is 4.99 Å². The predicted molar refractivity (Wildman–Crippen MR) is 127 cm³/mol. The van der Waals surface area contributed by atoms with E-state index < -0.39 is 0 Å². The van der Waals surface area contributed by atoms with Crippen LogP contribution in [0.15, 0.2) is 29.4 Å². The van der Waals surface area contributed by atoms with Gasteiger partial charge in [0.15, 0.2) is 5.96 Å². The molecule has 150 valence electrons. The Labute approximate surface area is 186 Å². The fourth-order valence-electron chi connectivity index (χ4n) is 2.50. The molecular formula is C19H28FIN4S2. The molecule has 0 saturated heterocycles. The van der Waals surface area contributed by atoms with Crippen molar-refractivity contribution in [3.05, 3.63) is 51.2 Å². The van der Waals surface area contributed by atoms with Gasteiger partial charge in [0.1, 0.15) is 5.82 Å². The summed E-state index contributed by atoms with van der Waals surface area (Å²) in [5.41, 5.74) is 2.10. The Morgan fingerprint density at radius 2 is 2.00 bits per heavy atom. The van der Waals surface area contributed by atoms with E-state index in [-0.39, 0.29) is 29.8 Å². The van der Waals surface area contributed by atoms with Crippen molar-refractivity contribution in [2.45, 2.75) is 39.1 Å². The van der Waals surface area contributed by atoms with Crippen LogP contribution in [0.4, 0.5) is 4.39 Å². The van der Waals surface area contributed by atoms with E-state index in [1.807, 2.05) is 18.5 Å². The van der Waals surface area contributed by atoms with Crippen molar-refractivity contribution < 1.29 is 4.39 Å². The van der Waals surface area contributed by atoms with Crippen LogP contribution in [-0.2, 0) is 25.3 Å². The number of hydrogen-bond donors (Lipinski definition) is 2. The number of halogens is 2. The first-order valence-corrected chi connectivity index (χ1v) is 10.9. The third kappa shape index (κ3) is 8.35. The number of rotatable bonds is 8. The molecule has 0 atom stereocenters. The minimum Gasteiger partial charge on any atom is -0.352 e. The van der Waals surface area contributed by atoms with Crippen LogP contribution in [0.25, 0.3) is 0 Å². The molecular weight excluding hydrogens is 494 g/mol. The van der Waals surface area contributed by atoms with E-state index in [4.69, 9.17) is 0 Å². The van der Waals surface area contributed by atoms with Gasteiger partial charge < -0.3 is 10.6 Å². The summed E-state index contributed by atoms with van der Waals surface area (Å²) in [5, 5.41) is 7.79. The van der Waals surface area contributed by atoms with Gasteiger partial charge >= 0.3 is 0 Å². The van der Waals surface area contributed by atoms with Crippen LogP contribution < -0.4 is 10.6 Å². The number of nitrogens with one attached hydrogen (secondary N) is 2. The number of guanidine groups is 1. The summed E-state index contributed by atoms with van der Waals surface area (Å²) in [4.78, 5) is 9.93. The van der Waals surface area contributed by atoms with E-state index in [1.165, 1.54) is 16.0 Å². The summed E-state index contributed by atoms with van der Waals surface area (Å²) >= 11 is 3.42. The van der Waals surface area contributed by atoms with E-state index in [0.717, 1.165) is 29.3 Å². The van der Waals surface area contributed by atoms with E-state index in [1.54, 1.807) is 36.2 Å². The van der Waals surface area contributed by atoms with Crippen molar-refractivity contribution >= 4 is 53.0 Å². The third-order valence-electron chi connectivity index (χ3n) is 3.75. The smallest absolute Gasteiger partial charge is 0.191 e. The Bertz CT molecular complexity index is 734. The number of nitrogens with zero attached hydrogens (tertiary/aromatic N) is 2. The first-order valence-electron chi connectivity index (χ1n) is 8.66. The van der Waals surface area contributed by atoms with E-state index in [9.17, 15) is 4.39 Å². The van der Waals surface area contributed by atoms with Gasteiger partial charge in [0.25, 0.3) is 0 Å². The molecule has 1 heterocycles. The van der Waals surface area contributed by atoms with Gasteiger partial charge in [-0.05, 0) is 35.4 Å². The van der Waals surface area contributed by atoms with Crippen LogP contribution in [0.3, 0.4) is 0 Å². The molecule has 1 aromatic carbocycles. The number of hydrogen-bond acceptors (Lipinski definition) is 4. The second-order valence-corrected chi connectivity index (χ2v) is 8.51. The lowest BCUT2D eigenvalue weighted by atomic mass is 10.1. The standard InChI is InChI=1S/C19H27FN4S2.HI/c1-13(2)7-18-22-10-17(26-18)11-24-19(21-3)23-9-14-5-6-16(20)8-15(14)12-25-4;/h5-6,8,10,13H,7,9,11-12H2,1-4H3,(H2,21,23,24);1H. The maximum absolute atomic E-state index is 13.5. The van der Waals surface area contributed by atoms with Crippen LogP contribution in [0, 0.1) is 11.7 Å². The van der Waals surface area contributed by atoms with Gasteiger partial charge in [0, 0.05) is 36.8 Å². The molecule has 0 aliphatic carbocycles. The Morgan fingerprint density at radius 3 is 2.67 bits per heavy atom. The van der Waals surface area contributed by atoms with Crippen molar-refractivity contribution in [2.24, 2.45) is 10.9 Å². The van der Waals surface area contributed by atoms with Crippen molar-refractivity contribution in [2.75, 3.05) is 13.3 Å². The zero-order chi connectivity index (χ0) is 18.9. The summed E-state index contributed by atoms with van der Waals surface area (Å²) in [6.45, 7) is 5.70. The highest BCUT2D eigenvalue weighted by Crippen LogP contribution is 2.17. The third-order valence-corrected chi connectivity index (χ3v) is 5.37. The number of benzene rings is 1. The van der Waals surface area contributed by atoms with Crippen LogP contribution >= 0.6 is 47.1 Å². The fourth-order valence-corrected chi connectivity index (χ4v) is 4.15. The summed E-state index contributed by atoms with van der Waals surface area (Å²) < 4.78 is 13.5. The van der Waals surface area contributed by atoms with E-state index >= 15 is 0 Å². The van der Waals surface area contributed by atoms with Crippen molar-refractivity contribution in [1.82, 2.24) is 15.6 Å². The quantitative estimate of drug-likeness (QED) is 0.297. The lowest BCUT2D eigenvalue weighted by molar-refractivity contribution is 0.625. The van der Waals surface area contributed by atoms with E-state index in [2.05, 4.69) is 34.5 Å². The molecule has 0 amide bonds. The Kier molecular flexibility index (Phi) is 11.2. The average molecular weight is 522 g/mol. The van der Waals surface area contributed by atoms with Crippen molar-refractivity contribution in [1.29, 1.82) is 0 Å². The molecule has 0 unspecified atom stereocenters. The number of aliphatic imine (C=N–C) groups is 1. The largest absolute Gasteiger partial charge is 0.352 e. The van der Waals surface area contributed by atoms with Crippen LogP contribution in [0.2, 0.25) is 0 Å². The molecule has 8 heteroatoms. The normalized spacial score (nSPS) is 11.4. The maximum atomic E-state index is 13.5. The molecule has 0 fully saturated rings. The fraction of sp³-hybridized carbons (Fsp3) is 0.474. The molecule has 0 aliphatic rings. The summed E-state index contributed by atoms with van der Waals surface area (Å²) in [5.74, 6) is 1.94. The molecule has 27 heavy (non-hydrogen) atoms. The monoisotopic (exact) mass is 522 g/mol. The second kappa shape index (κ2) is 12.6. The van der Waals surface area contributed by atoms with Gasteiger partial charge in [-0.15, -0.1) is 35.3 Å². The molecule has 0 bridgehead atoms. The topological polar surface area (TPSA) is 49.3 Å². The predicted octanol–water partition coefficient (Wildman–Crippen LogP) is 4.83. The molecule has 4 nitrogen and oxygen atoms in total. The number of thiazole rings is 1. The number of thioether (sulfide) groups is 1. The number of aromatic nitrogens is 1. The maximum Gasteiger partial charge on any atom is 0.191 e. The molecule has 0 saturated carbocycles.